The summed E-state index contributed by atoms with van der Waals surface area (Å²) in [6, 6.07) is 1.82. The smallest absolute Gasteiger partial charge is 0.183 e. The first-order valence-corrected chi connectivity index (χ1v) is 6.45. The molecule has 1 fully saturated rings. The summed E-state index contributed by atoms with van der Waals surface area (Å²) < 4.78 is 10.6. The molecule has 0 atom stereocenters. The fourth-order valence-electron chi connectivity index (χ4n) is 2.42. The Hall–Kier alpha value is -1.29. The van der Waals surface area contributed by atoms with Crippen molar-refractivity contribution in [2.75, 3.05) is 20.8 Å². The highest BCUT2D eigenvalue weighted by atomic mass is 16.5. The number of ether oxygens (including phenoxy) is 2. The highest BCUT2D eigenvalue weighted by molar-refractivity contribution is 5.42. The Morgan fingerprint density at radius 2 is 2.11 bits per heavy atom. The zero-order valence-corrected chi connectivity index (χ0v) is 11.5. The van der Waals surface area contributed by atoms with E-state index in [4.69, 9.17) is 9.47 Å². The second kappa shape index (κ2) is 5.57. The van der Waals surface area contributed by atoms with Crippen LogP contribution in [0.5, 0.6) is 11.5 Å². The Balaban J connectivity index is 1.96. The van der Waals surface area contributed by atoms with Crippen LogP contribution in [0.1, 0.15) is 31.9 Å². The normalized spacial score (nSPS) is 17.1. The maximum atomic E-state index is 5.36. The molecule has 0 aliphatic heterocycles. The number of hydrogen-bond acceptors (Lipinski definition) is 4. The van der Waals surface area contributed by atoms with Crippen molar-refractivity contribution in [2.24, 2.45) is 5.41 Å². The maximum Gasteiger partial charge on any atom is 0.183 e. The van der Waals surface area contributed by atoms with Crippen molar-refractivity contribution in [1.29, 1.82) is 0 Å². The number of nitrogens with one attached hydrogen (secondary N) is 1. The predicted octanol–water partition coefficient (Wildman–Crippen LogP) is 2.38. The summed E-state index contributed by atoms with van der Waals surface area (Å²) >= 11 is 0. The number of methoxy groups -OCH3 is 2. The van der Waals surface area contributed by atoms with Gasteiger partial charge in [0, 0.05) is 25.4 Å². The van der Waals surface area contributed by atoms with E-state index in [1.165, 1.54) is 19.3 Å². The molecule has 0 unspecified atom stereocenters. The minimum Gasteiger partial charge on any atom is -0.493 e. The molecular formula is C14H22N2O2. The largest absolute Gasteiger partial charge is 0.493 e. The molecule has 18 heavy (non-hydrogen) atoms. The Morgan fingerprint density at radius 1 is 1.33 bits per heavy atom. The third kappa shape index (κ3) is 2.75. The monoisotopic (exact) mass is 250 g/mol. The summed E-state index contributed by atoms with van der Waals surface area (Å²) in [5.41, 5.74) is 1.38. The van der Waals surface area contributed by atoms with E-state index in [9.17, 15) is 0 Å². The van der Waals surface area contributed by atoms with Gasteiger partial charge in [-0.3, -0.25) is 4.98 Å². The van der Waals surface area contributed by atoms with E-state index in [-0.39, 0.29) is 0 Å². The van der Waals surface area contributed by atoms with Crippen LogP contribution >= 0.6 is 0 Å². The number of hydrogen-bond donors (Lipinski definition) is 1. The summed E-state index contributed by atoms with van der Waals surface area (Å²) in [6.45, 7) is 4.09. The van der Waals surface area contributed by atoms with Crippen molar-refractivity contribution in [3.05, 3.63) is 18.0 Å². The fraction of sp³-hybridized carbons (Fsp3) is 0.643. The number of pyridine rings is 1. The van der Waals surface area contributed by atoms with Crippen molar-refractivity contribution >= 4 is 0 Å². The summed E-state index contributed by atoms with van der Waals surface area (Å²) in [4.78, 5) is 4.35. The summed E-state index contributed by atoms with van der Waals surface area (Å²) in [7, 11) is 3.29. The molecule has 1 aromatic rings. The third-order valence-electron chi connectivity index (χ3n) is 3.77. The standard InChI is InChI=1S/C14H22N2O2/c1-14(6-4-7-14)10-15-9-11-13(18-3)12(17-2)5-8-16-11/h5,8,15H,4,6-7,9-10H2,1-3H3. The second-order valence-corrected chi connectivity index (χ2v) is 5.26. The second-order valence-electron chi connectivity index (χ2n) is 5.26. The SMILES string of the molecule is COc1ccnc(CNCC2(C)CCC2)c1OC. The lowest BCUT2D eigenvalue weighted by Crippen LogP contribution is -2.37. The molecule has 0 bridgehead atoms. The van der Waals surface area contributed by atoms with E-state index in [0.29, 0.717) is 5.41 Å². The highest BCUT2D eigenvalue weighted by Gasteiger charge is 2.31. The number of rotatable bonds is 6. The van der Waals surface area contributed by atoms with Crippen LogP contribution in [0.3, 0.4) is 0 Å². The van der Waals surface area contributed by atoms with E-state index in [1.54, 1.807) is 20.4 Å². The molecule has 1 aromatic heterocycles. The maximum absolute atomic E-state index is 5.36. The van der Waals surface area contributed by atoms with Crippen molar-refractivity contribution in [3.63, 3.8) is 0 Å². The van der Waals surface area contributed by atoms with Crippen LogP contribution in [0.15, 0.2) is 12.3 Å². The van der Waals surface area contributed by atoms with Gasteiger partial charge in [-0.1, -0.05) is 13.3 Å². The molecule has 0 radical (unpaired) electrons. The van der Waals surface area contributed by atoms with Crippen LogP contribution in [0.25, 0.3) is 0 Å². The predicted molar refractivity (Wildman–Crippen MR) is 71.0 cm³/mol. The molecule has 100 valence electrons. The van der Waals surface area contributed by atoms with Gasteiger partial charge in [0.2, 0.25) is 0 Å². The van der Waals surface area contributed by atoms with Gasteiger partial charge in [0.25, 0.3) is 0 Å². The molecule has 1 aliphatic rings. The summed E-state index contributed by atoms with van der Waals surface area (Å²) in [5.74, 6) is 1.46. The quantitative estimate of drug-likeness (QED) is 0.842. The van der Waals surface area contributed by atoms with Crippen LogP contribution in [0.2, 0.25) is 0 Å². The van der Waals surface area contributed by atoms with Crippen LogP contribution in [-0.4, -0.2) is 25.7 Å². The van der Waals surface area contributed by atoms with Gasteiger partial charge in [0.05, 0.1) is 19.9 Å². The zero-order chi connectivity index (χ0) is 13.0. The van der Waals surface area contributed by atoms with Crippen molar-refractivity contribution in [3.8, 4) is 11.5 Å². The van der Waals surface area contributed by atoms with Crippen molar-refractivity contribution in [2.45, 2.75) is 32.7 Å². The topological polar surface area (TPSA) is 43.4 Å². The van der Waals surface area contributed by atoms with Gasteiger partial charge >= 0.3 is 0 Å². The summed E-state index contributed by atoms with van der Waals surface area (Å²) in [6.07, 6.45) is 5.76. The third-order valence-corrected chi connectivity index (χ3v) is 3.77. The van der Waals surface area contributed by atoms with Crippen LogP contribution in [0, 0.1) is 5.41 Å². The van der Waals surface area contributed by atoms with E-state index >= 15 is 0 Å². The molecule has 1 aliphatic carbocycles. The number of aromatic nitrogens is 1. The van der Waals surface area contributed by atoms with E-state index < -0.39 is 0 Å². The Morgan fingerprint density at radius 3 is 2.67 bits per heavy atom. The molecule has 2 rings (SSSR count). The minimum atomic E-state index is 0.478. The molecule has 1 N–H and O–H groups in total. The fourth-order valence-corrected chi connectivity index (χ4v) is 2.42. The average molecular weight is 250 g/mol. The first kappa shape index (κ1) is 13.1. The molecule has 0 spiro atoms. The van der Waals surface area contributed by atoms with E-state index in [2.05, 4.69) is 17.2 Å². The van der Waals surface area contributed by atoms with Gasteiger partial charge < -0.3 is 14.8 Å². The molecule has 0 aromatic carbocycles. The van der Waals surface area contributed by atoms with Crippen molar-refractivity contribution < 1.29 is 9.47 Å². The lowest BCUT2D eigenvalue weighted by Gasteiger charge is -2.38. The van der Waals surface area contributed by atoms with Crippen LogP contribution in [-0.2, 0) is 6.54 Å². The highest BCUT2D eigenvalue weighted by Crippen LogP contribution is 2.39. The molecule has 0 amide bonds. The van der Waals surface area contributed by atoms with Crippen molar-refractivity contribution in [1.82, 2.24) is 10.3 Å². The zero-order valence-electron chi connectivity index (χ0n) is 11.5. The van der Waals surface area contributed by atoms with Gasteiger partial charge in [-0.15, -0.1) is 0 Å². The van der Waals surface area contributed by atoms with Gasteiger partial charge in [-0.25, -0.2) is 0 Å². The van der Waals surface area contributed by atoms with Crippen LogP contribution in [0.4, 0.5) is 0 Å². The molecule has 4 heteroatoms. The summed E-state index contributed by atoms with van der Waals surface area (Å²) in [5, 5.41) is 3.47. The molecule has 4 nitrogen and oxygen atoms in total. The Kier molecular flexibility index (Phi) is 4.07. The molecular weight excluding hydrogens is 228 g/mol. The first-order chi connectivity index (χ1) is 8.68. The minimum absolute atomic E-state index is 0.478. The Labute approximate surface area is 109 Å². The van der Waals surface area contributed by atoms with Gasteiger partial charge in [-0.05, 0) is 18.3 Å². The van der Waals surface area contributed by atoms with Gasteiger partial charge in [-0.2, -0.15) is 0 Å². The molecule has 1 heterocycles. The van der Waals surface area contributed by atoms with Gasteiger partial charge in [0.15, 0.2) is 11.5 Å². The van der Waals surface area contributed by atoms with Crippen LogP contribution < -0.4 is 14.8 Å². The molecule has 0 saturated heterocycles. The lowest BCUT2D eigenvalue weighted by molar-refractivity contribution is 0.156. The van der Waals surface area contributed by atoms with E-state index in [1.807, 2.05) is 6.07 Å². The first-order valence-electron chi connectivity index (χ1n) is 6.45. The molecule has 1 saturated carbocycles. The number of nitrogens with zero attached hydrogens (tertiary/aromatic N) is 1. The average Bonchev–Trinajstić information content (AvgIpc) is 2.36. The lowest BCUT2D eigenvalue weighted by atomic mass is 9.70. The Bertz CT molecular complexity index is 403. The van der Waals surface area contributed by atoms with E-state index in [0.717, 1.165) is 30.3 Å². The van der Waals surface area contributed by atoms with Gasteiger partial charge in [0.1, 0.15) is 0 Å².